The first-order valence-electron chi connectivity index (χ1n) is 7.75. The van der Waals surface area contributed by atoms with Crippen LogP contribution in [0.5, 0.6) is 0 Å². The highest BCUT2D eigenvalue weighted by Crippen LogP contribution is 2.31. The molecule has 27 heavy (non-hydrogen) atoms. The Bertz CT molecular complexity index is 1120. The first-order valence-corrected chi connectivity index (χ1v) is 7.75. The second kappa shape index (κ2) is 6.24. The molecule has 0 saturated carbocycles. The number of carbonyl (C=O) groups excluding carboxylic acids is 1. The number of hydrogen-bond acceptors (Lipinski definition) is 4. The summed E-state index contributed by atoms with van der Waals surface area (Å²) in [5.74, 6) is -0.173. The minimum atomic E-state index is -4.48. The predicted octanol–water partition coefficient (Wildman–Crippen LogP) is 3.62. The minimum Gasteiger partial charge on any atom is -0.360 e. The Morgan fingerprint density at radius 1 is 1.11 bits per heavy atom. The van der Waals surface area contributed by atoms with Gasteiger partial charge in [0.2, 0.25) is 5.82 Å². The molecule has 0 atom stereocenters. The number of anilines is 1. The first-order chi connectivity index (χ1) is 12.9. The molecule has 0 aliphatic rings. The van der Waals surface area contributed by atoms with Crippen molar-refractivity contribution in [2.75, 3.05) is 5.32 Å². The lowest BCUT2D eigenvalue weighted by atomic mass is 10.1. The number of aromatic amines is 2. The summed E-state index contributed by atoms with van der Waals surface area (Å²) in [5, 5.41) is 16.8. The van der Waals surface area contributed by atoms with E-state index in [1.54, 1.807) is 24.4 Å². The van der Waals surface area contributed by atoms with Gasteiger partial charge in [-0.15, -0.1) is 10.2 Å². The lowest BCUT2D eigenvalue weighted by molar-refractivity contribution is -0.137. The number of aromatic nitrogens is 5. The Labute approximate surface area is 149 Å². The molecule has 4 aromatic rings. The zero-order valence-electron chi connectivity index (χ0n) is 13.5. The molecule has 10 heteroatoms. The number of fused-ring (bicyclic) bond motifs is 1. The molecule has 2 heterocycles. The summed E-state index contributed by atoms with van der Waals surface area (Å²) in [6.07, 6.45) is -2.80. The summed E-state index contributed by atoms with van der Waals surface area (Å²) in [6.45, 7) is 0. The number of H-pyrrole nitrogens is 2. The summed E-state index contributed by atoms with van der Waals surface area (Å²) in [6, 6.07) is 9.34. The largest absolute Gasteiger partial charge is 0.416 e. The van der Waals surface area contributed by atoms with Gasteiger partial charge in [-0.1, -0.05) is 6.07 Å². The molecule has 7 nitrogen and oxygen atoms in total. The number of amides is 1. The van der Waals surface area contributed by atoms with Gasteiger partial charge in [0, 0.05) is 33.9 Å². The number of hydrogen-bond donors (Lipinski definition) is 3. The predicted molar refractivity (Wildman–Crippen MR) is 90.9 cm³/mol. The highest BCUT2D eigenvalue weighted by molar-refractivity contribution is 6.07. The maximum atomic E-state index is 12.8. The molecule has 4 rings (SSSR count). The van der Waals surface area contributed by atoms with Gasteiger partial charge in [0.05, 0.1) is 5.56 Å². The van der Waals surface area contributed by atoms with Crippen molar-refractivity contribution in [3.8, 4) is 11.4 Å². The van der Waals surface area contributed by atoms with Crippen molar-refractivity contribution in [3.63, 3.8) is 0 Å². The molecular formula is C17H11F3N6O. The number of alkyl halides is 3. The van der Waals surface area contributed by atoms with E-state index in [4.69, 9.17) is 0 Å². The van der Waals surface area contributed by atoms with Crippen molar-refractivity contribution in [1.29, 1.82) is 0 Å². The lowest BCUT2D eigenvalue weighted by Gasteiger charge is -2.10. The summed E-state index contributed by atoms with van der Waals surface area (Å²) >= 11 is 0. The number of carbonyl (C=O) groups is 1. The highest BCUT2D eigenvalue weighted by atomic mass is 19.4. The SMILES string of the molecule is O=C(Nc1cccc(C(F)(F)F)c1)c1ccc2[nH]cc(-c3nn[nH]n3)c2c1. The zero-order chi connectivity index (χ0) is 19.0. The number of rotatable bonds is 3. The van der Waals surface area contributed by atoms with Crippen LogP contribution >= 0.6 is 0 Å². The van der Waals surface area contributed by atoms with Gasteiger partial charge in [-0.2, -0.15) is 18.4 Å². The maximum Gasteiger partial charge on any atom is 0.416 e. The molecule has 0 aliphatic carbocycles. The molecule has 0 bridgehead atoms. The van der Waals surface area contributed by atoms with Crippen molar-refractivity contribution >= 4 is 22.5 Å². The Kier molecular flexibility index (Phi) is 3.87. The summed E-state index contributed by atoms with van der Waals surface area (Å²) in [4.78, 5) is 15.5. The third-order valence-corrected chi connectivity index (χ3v) is 3.98. The van der Waals surface area contributed by atoms with E-state index in [1.807, 2.05) is 0 Å². The molecule has 2 aromatic heterocycles. The van der Waals surface area contributed by atoms with E-state index in [2.05, 4.69) is 30.9 Å². The average Bonchev–Trinajstić information content (AvgIpc) is 3.30. The molecule has 0 saturated heterocycles. The van der Waals surface area contributed by atoms with Crippen molar-refractivity contribution in [1.82, 2.24) is 25.6 Å². The lowest BCUT2D eigenvalue weighted by Crippen LogP contribution is -2.13. The van der Waals surface area contributed by atoms with Crippen LogP contribution in [0.1, 0.15) is 15.9 Å². The van der Waals surface area contributed by atoms with Crippen LogP contribution in [0, 0.1) is 0 Å². The number of tetrazole rings is 1. The standard InChI is InChI=1S/C17H11F3N6O/c18-17(19,20)10-2-1-3-11(7-10)22-16(27)9-4-5-14-12(6-9)13(8-21-14)15-23-25-26-24-15/h1-8,21H,(H,22,27)(H,23,24,25,26). The Morgan fingerprint density at radius 2 is 1.96 bits per heavy atom. The Balaban J connectivity index is 1.64. The second-order valence-electron chi connectivity index (χ2n) is 5.73. The molecule has 0 spiro atoms. The highest BCUT2D eigenvalue weighted by Gasteiger charge is 2.30. The first kappa shape index (κ1) is 16.8. The fourth-order valence-electron chi connectivity index (χ4n) is 2.70. The van der Waals surface area contributed by atoms with Crippen LogP contribution in [0.3, 0.4) is 0 Å². The van der Waals surface area contributed by atoms with E-state index in [0.29, 0.717) is 16.8 Å². The number of benzene rings is 2. The van der Waals surface area contributed by atoms with E-state index in [0.717, 1.165) is 17.6 Å². The second-order valence-corrected chi connectivity index (χ2v) is 5.73. The average molecular weight is 372 g/mol. The molecular weight excluding hydrogens is 361 g/mol. The molecule has 3 N–H and O–H groups in total. The summed E-state index contributed by atoms with van der Waals surface area (Å²) < 4.78 is 38.4. The van der Waals surface area contributed by atoms with Gasteiger partial charge in [-0.25, -0.2) is 0 Å². The number of nitrogens with zero attached hydrogens (tertiary/aromatic N) is 3. The molecule has 0 fully saturated rings. The van der Waals surface area contributed by atoms with Gasteiger partial charge in [0.15, 0.2) is 0 Å². The fraction of sp³-hybridized carbons (Fsp3) is 0.0588. The molecule has 2 aromatic carbocycles. The van der Waals surface area contributed by atoms with Crippen molar-refractivity contribution < 1.29 is 18.0 Å². The topological polar surface area (TPSA) is 99.4 Å². The normalized spacial score (nSPS) is 11.7. The number of nitrogens with one attached hydrogen (secondary N) is 3. The Morgan fingerprint density at radius 3 is 2.70 bits per heavy atom. The van der Waals surface area contributed by atoms with Crippen LogP contribution < -0.4 is 5.32 Å². The van der Waals surface area contributed by atoms with Crippen LogP contribution in [0.4, 0.5) is 18.9 Å². The van der Waals surface area contributed by atoms with Gasteiger partial charge >= 0.3 is 6.18 Å². The van der Waals surface area contributed by atoms with E-state index in [9.17, 15) is 18.0 Å². The van der Waals surface area contributed by atoms with Crippen LogP contribution in [-0.2, 0) is 6.18 Å². The summed E-state index contributed by atoms with van der Waals surface area (Å²) in [7, 11) is 0. The smallest absolute Gasteiger partial charge is 0.360 e. The van der Waals surface area contributed by atoms with Crippen molar-refractivity contribution in [2.45, 2.75) is 6.18 Å². The van der Waals surface area contributed by atoms with Crippen molar-refractivity contribution in [2.24, 2.45) is 0 Å². The van der Waals surface area contributed by atoms with Gasteiger partial charge in [0.1, 0.15) is 0 Å². The van der Waals surface area contributed by atoms with E-state index in [1.165, 1.54) is 12.1 Å². The monoisotopic (exact) mass is 372 g/mol. The summed E-state index contributed by atoms with van der Waals surface area (Å²) in [5.41, 5.74) is 0.908. The van der Waals surface area contributed by atoms with Gasteiger partial charge in [0.25, 0.3) is 5.91 Å². The van der Waals surface area contributed by atoms with E-state index < -0.39 is 17.6 Å². The molecule has 0 unspecified atom stereocenters. The maximum absolute atomic E-state index is 12.8. The quantitative estimate of drug-likeness (QED) is 0.511. The molecule has 0 aliphatic heterocycles. The van der Waals surface area contributed by atoms with Crippen LogP contribution in [0.2, 0.25) is 0 Å². The van der Waals surface area contributed by atoms with Crippen molar-refractivity contribution in [3.05, 3.63) is 59.8 Å². The minimum absolute atomic E-state index is 0.0578. The van der Waals surface area contributed by atoms with Crippen LogP contribution in [-0.4, -0.2) is 31.5 Å². The van der Waals surface area contributed by atoms with E-state index in [-0.39, 0.29) is 11.3 Å². The van der Waals surface area contributed by atoms with Gasteiger partial charge in [-0.05, 0) is 41.6 Å². The van der Waals surface area contributed by atoms with Gasteiger partial charge in [-0.3, -0.25) is 4.79 Å². The Hall–Kier alpha value is -3.69. The van der Waals surface area contributed by atoms with Crippen LogP contribution in [0.15, 0.2) is 48.7 Å². The van der Waals surface area contributed by atoms with Gasteiger partial charge < -0.3 is 10.3 Å². The molecule has 0 radical (unpaired) electrons. The third-order valence-electron chi connectivity index (χ3n) is 3.98. The fourth-order valence-corrected chi connectivity index (χ4v) is 2.70. The third kappa shape index (κ3) is 3.24. The zero-order valence-corrected chi connectivity index (χ0v) is 13.5. The van der Waals surface area contributed by atoms with E-state index >= 15 is 0 Å². The molecule has 1 amide bonds. The number of halogens is 3. The molecule has 136 valence electrons. The van der Waals surface area contributed by atoms with Crippen LogP contribution in [0.25, 0.3) is 22.3 Å².